The number of aryl methyl sites for hydroxylation is 1. The molecule has 0 unspecified atom stereocenters. The lowest BCUT2D eigenvalue weighted by atomic mass is 10.1. The number of aromatic nitrogens is 3. The molecule has 0 spiro atoms. The maximum atomic E-state index is 12.8. The lowest BCUT2D eigenvalue weighted by Crippen LogP contribution is -2.34. The highest BCUT2D eigenvalue weighted by molar-refractivity contribution is 7.98. The van der Waals surface area contributed by atoms with Crippen molar-refractivity contribution < 1.29 is 4.79 Å². The third-order valence-corrected chi connectivity index (χ3v) is 7.71. The fourth-order valence-electron chi connectivity index (χ4n) is 4.78. The Kier molecular flexibility index (Phi) is 7.48. The average Bonchev–Trinajstić information content (AvgIpc) is 3.02. The Morgan fingerprint density at radius 3 is 2.57 bits per heavy atom. The zero-order chi connectivity index (χ0) is 24.0. The maximum Gasteiger partial charge on any atom is 0.251 e. The minimum atomic E-state index is 0.0348. The van der Waals surface area contributed by atoms with Gasteiger partial charge in [-0.05, 0) is 55.2 Å². The summed E-state index contributed by atoms with van der Waals surface area (Å²) in [5.41, 5.74) is 6.18. The molecule has 4 aromatic rings. The van der Waals surface area contributed by atoms with Crippen molar-refractivity contribution in [3.63, 3.8) is 0 Å². The van der Waals surface area contributed by atoms with Gasteiger partial charge < -0.3 is 5.32 Å². The molecule has 2 heterocycles. The number of carbonyl (C=O) groups excluding carboxylic acids is 1. The molecule has 1 amide bonds. The van der Waals surface area contributed by atoms with Gasteiger partial charge in [-0.1, -0.05) is 79.4 Å². The van der Waals surface area contributed by atoms with Crippen LogP contribution >= 0.6 is 11.8 Å². The van der Waals surface area contributed by atoms with E-state index in [0.717, 1.165) is 46.0 Å². The molecular weight excluding hydrogens is 452 g/mol. The maximum absolute atomic E-state index is 12.8. The number of thioether (sulfide) groups is 1. The predicted molar refractivity (Wildman–Crippen MR) is 143 cm³/mol. The number of rotatable bonds is 7. The van der Waals surface area contributed by atoms with Gasteiger partial charge in [0.2, 0.25) is 0 Å². The van der Waals surface area contributed by atoms with Gasteiger partial charge >= 0.3 is 0 Å². The van der Waals surface area contributed by atoms with Gasteiger partial charge in [-0.3, -0.25) is 9.36 Å². The summed E-state index contributed by atoms with van der Waals surface area (Å²) >= 11 is 1.73. The largest absolute Gasteiger partial charge is 0.349 e. The van der Waals surface area contributed by atoms with E-state index in [4.69, 9.17) is 4.98 Å². The molecule has 0 radical (unpaired) electrons. The first kappa shape index (κ1) is 23.6. The van der Waals surface area contributed by atoms with Crippen molar-refractivity contribution in [1.82, 2.24) is 19.9 Å². The minimum absolute atomic E-state index is 0.0348. The summed E-state index contributed by atoms with van der Waals surface area (Å²) in [5.74, 6) is 0.887. The Balaban J connectivity index is 1.31. The number of pyridine rings is 1. The predicted octanol–water partition coefficient (Wildman–Crippen LogP) is 6.53. The first-order valence-corrected chi connectivity index (χ1v) is 13.5. The van der Waals surface area contributed by atoms with Crippen molar-refractivity contribution in [2.45, 2.75) is 68.9 Å². The zero-order valence-corrected chi connectivity index (χ0v) is 21.1. The molecule has 1 N–H and O–H groups in total. The summed E-state index contributed by atoms with van der Waals surface area (Å²) in [4.78, 5) is 22.3. The van der Waals surface area contributed by atoms with E-state index in [0.29, 0.717) is 12.6 Å². The van der Waals surface area contributed by atoms with E-state index in [1.54, 1.807) is 11.8 Å². The lowest BCUT2D eigenvalue weighted by molar-refractivity contribution is 0.0933. The molecule has 0 atom stereocenters. The van der Waals surface area contributed by atoms with E-state index in [1.165, 1.54) is 36.8 Å². The van der Waals surface area contributed by atoms with Crippen LogP contribution in [0.4, 0.5) is 0 Å². The zero-order valence-electron chi connectivity index (χ0n) is 20.2. The van der Waals surface area contributed by atoms with Gasteiger partial charge in [0.1, 0.15) is 5.52 Å². The first-order valence-electron chi connectivity index (χ1n) is 12.5. The van der Waals surface area contributed by atoms with Crippen LogP contribution in [0.5, 0.6) is 0 Å². The van der Waals surface area contributed by atoms with Crippen LogP contribution < -0.4 is 5.32 Å². The number of hydrogen-bond donors (Lipinski definition) is 1. The summed E-state index contributed by atoms with van der Waals surface area (Å²) in [7, 11) is 0. The number of benzene rings is 2. The van der Waals surface area contributed by atoms with Crippen molar-refractivity contribution in [3.8, 4) is 0 Å². The van der Waals surface area contributed by atoms with Gasteiger partial charge in [0.05, 0.1) is 6.54 Å². The number of nitrogens with one attached hydrogen (secondary N) is 1. The molecule has 5 rings (SSSR count). The van der Waals surface area contributed by atoms with Crippen LogP contribution in [0.25, 0.3) is 11.2 Å². The van der Waals surface area contributed by atoms with Gasteiger partial charge in [0, 0.05) is 23.6 Å². The van der Waals surface area contributed by atoms with Gasteiger partial charge in [-0.15, -0.1) is 0 Å². The van der Waals surface area contributed by atoms with E-state index < -0.39 is 0 Å². The fourth-order valence-corrected chi connectivity index (χ4v) is 5.72. The molecule has 5 nitrogen and oxygen atoms in total. The summed E-state index contributed by atoms with van der Waals surface area (Å²) in [5, 5.41) is 4.20. The highest BCUT2D eigenvalue weighted by atomic mass is 32.2. The number of nitrogens with zero attached hydrogens (tertiary/aromatic N) is 3. The summed E-state index contributed by atoms with van der Waals surface area (Å²) in [6.07, 6.45) is 8.98. The van der Waals surface area contributed by atoms with Gasteiger partial charge in [-0.25, -0.2) is 9.97 Å². The van der Waals surface area contributed by atoms with Crippen LogP contribution in [0, 0.1) is 6.92 Å². The molecule has 1 saturated carbocycles. The molecular formula is C29H32N4OS. The molecule has 1 aliphatic carbocycles. The van der Waals surface area contributed by atoms with Crippen molar-refractivity contribution >= 4 is 28.8 Å². The minimum Gasteiger partial charge on any atom is -0.349 e. The Bertz CT molecular complexity index is 1290. The molecule has 1 aliphatic rings. The van der Waals surface area contributed by atoms with Gasteiger partial charge in [0.25, 0.3) is 5.91 Å². The van der Waals surface area contributed by atoms with Crippen LogP contribution in [0.3, 0.4) is 0 Å². The third kappa shape index (κ3) is 5.93. The Morgan fingerprint density at radius 1 is 1.00 bits per heavy atom. The standard InChI is InChI=1S/C29H32N4OS/c1-21-8-6-9-23(18-21)20-35-29-32-26-12-7-17-30-27(26)33(29)19-22-13-15-24(16-14-22)28(34)31-25-10-4-2-3-5-11-25/h6-9,12-18,25H,2-5,10-11,19-20H2,1H3,(H,31,34). The van der Waals surface area contributed by atoms with Crippen molar-refractivity contribution in [2.24, 2.45) is 0 Å². The second kappa shape index (κ2) is 11.1. The monoisotopic (exact) mass is 484 g/mol. The summed E-state index contributed by atoms with van der Waals surface area (Å²) in [6, 6.07) is 20.8. The van der Waals surface area contributed by atoms with Crippen LogP contribution in [0.15, 0.2) is 72.0 Å². The van der Waals surface area contributed by atoms with E-state index in [1.807, 2.05) is 42.6 Å². The molecule has 0 aliphatic heterocycles. The van der Waals surface area contributed by atoms with Crippen molar-refractivity contribution in [2.75, 3.05) is 0 Å². The highest BCUT2D eigenvalue weighted by Crippen LogP contribution is 2.27. The molecule has 180 valence electrons. The molecule has 2 aromatic heterocycles. The Hall–Kier alpha value is -3.12. The lowest BCUT2D eigenvalue weighted by Gasteiger charge is -2.16. The van der Waals surface area contributed by atoms with E-state index in [2.05, 4.69) is 46.1 Å². The van der Waals surface area contributed by atoms with Crippen LogP contribution in [0.1, 0.15) is 65.6 Å². The van der Waals surface area contributed by atoms with Crippen LogP contribution in [0.2, 0.25) is 0 Å². The van der Waals surface area contributed by atoms with Gasteiger partial charge in [-0.2, -0.15) is 0 Å². The Labute approximate surface area is 211 Å². The van der Waals surface area contributed by atoms with Crippen molar-refractivity contribution in [1.29, 1.82) is 0 Å². The number of hydrogen-bond acceptors (Lipinski definition) is 4. The van der Waals surface area contributed by atoms with E-state index in [9.17, 15) is 4.79 Å². The molecule has 35 heavy (non-hydrogen) atoms. The SMILES string of the molecule is Cc1cccc(CSc2nc3cccnc3n2Cc2ccc(C(=O)NC3CCCCCC3)cc2)c1. The van der Waals surface area contributed by atoms with Crippen LogP contribution in [-0.4, -0.2) is 26.5 Å². The fraction of sp³-hybridized carbons (Fsp3) is 0.345. The molecule has 2 aromatic carbocycles. The van der Waals surface area contributed by atoms with Crippen LogP contribution in [-0.2, 0) is 12.3 Å². The second-order valence-electron chi connectivity index (χ2n) is 9.46. The summed E-state index contributed by atoms with van der Waals surface area (Å²) < 4.78 is 2.18. The smallest absolute Gasteiger partial charge is 0.251 e. The quantitative estimate of drug-likeness (QED) is 0.239. The first-order chi connectivity index (χ1) is 17.2. The molecule has 0 saturated heterocycles. The normalized spacial score (nSPS) is 14.7. The van der Waals surface area contributed by atoms with E-state index in [-0.39, 0.29) is 5.91 Å². The number of imidazole rings is 1. The number of amides is 1. The topological polar surface area (TPSA) is 59.8 Å². The Morgan fingerprint density at radius 2 is 1.80 bits per heavy atom. The summed E-state index contributed by atoms with van der Waals surface area (Å²) in [6.45, 7) is 2.78. The van der Waals surface area contributed by atoms with Crippen molar-refractivity contribution in [3.05, 3.63) is 89.1 Å². The number of fused-ring (bicyclic) bond motifs is 1. The third-order valence-electron chi connectivity index (χ3n) is 6.67. The molecule has 1 fully saturated rings. The van der Waals surface area contributed by atoms with E-state index >= 15 is 0 Å². The second-order valence-corrected chi connectivity index (χ2v) is 10.4. The number of carbonyl (C=O) groups is 1. The molecule has 0 bridgehead atoms. The average molecular weight is 485 g/mol. The highest BCUT2D eigenvalue weighted by Gasteiger charge is 2.17. The van der Waals surface area contributed by atoms with Gasteiger partial charge in [0.15, 0.2) is 10.8 Å². The molecule has 6 heteroatoms.